The molecule has 0 spiro atoms. The normalized spacial score (nSPS) is 12.6. The first-order chi connectivity index (χ1) is 8.15. The number of carbonyl (C=O) groups is 1. The van der Waals surface area contributed by atoms with Crippen LogP contribution in [0, 0.1) is 6.92 Å². The van der Waals surface area contributed by atoms with Crippen molar-refractivity contribution in [1.29, 1.82) is 0 Å². The summed E-state index contributed by atoms with van der Waals surface area (Å²) in [5, 5.41) is 10.8. The molecule has 1 aromatic carbocycles. The van der Waals surface area contributed by atoms with Crippen molar-refractivity contribution in [2.45, 2.75) is 20.0 Å². The first-order valence-electron chi connectivity index (χ1n) is 5.46. The Morgan fingerprint density at radius 3 is 3.00 bits per heavy atom. The van der Waals surface area contributed by atoms with Gasteiger partial charge in [-0.05, 0) is 19.4 Å². The summed E-state index contributed by atoms with van der Waals surface area (Å²) in [4.78, 5) is 11.5. The molecule has 0 amide bonds. The summed E-state index contributed by atoms with van der Waals surface area (Å²) in [7, 11) is 0. The van der Waals surface area contributed by atoms with Gasteiger partial charge in [0.25, 0.3) is 0 Å². The smallest absolute Gasteiger partial charge is 0.339 e. The minimum atomic E-state index is -1.30. The van der Waals surface area contributed by atoms with Crippen LogP contribution in [-0.4, -0.2) is 17.7 Å². The van der Waals surface area contributed by atoms with Gasteiger partial charge in [0.2, 0.25) is 0 Å². The van der Waals surface area contributed by atoms with Gasteiger partial charge in [0.05, 0.1) is 12.9 Å². The van der Waals surface area contributed by atoms with Gasteiger partial charge in [0, 0.05) is 10.9 Å². The summed E-state index contributed by atoms with van der Waals surface area (Å²) < 4.78 is 10.1. The van der Waals surface area contributed by atoms with Crippen LogP contribution in [0.1, 0.15) is 24.2 Å². The van der Waals surface area contributed by atoms with E-state index in [1.54, 1.807) is 25.3 Å². The lowest BCUT2D eigenvalue weighted by molar-refractivity contribution is -0.153. The van der Waals surface area contributed by atoms with Crippen LogP contribution in [0.15, 0.2) is 28.9 Å². The second-order valence-corrected chi connectivity index (χ2v) is 3.80. The predicted molar refractivity (Wildman–Crippen MR) is 62.5 cm³/mol. The third kappa shape index (κ3) is 2.03. The number of furan rings is 1. The molecule has 17 heavy (non-hydrogen) atoms. The van der Waals surface area contributed by atoms with Gasteiger partial charge in [-0.3, -0.25) is 0 Å². The lowest BCUT2D eigenvalue weighted by atomic mass is 10.1. The van der Waals surface area contributed by atoms with Crippen molar-refractivity contribution in [3.63, 3.8) is 0 Å². The number of para-hydroxylation sites is 1. The first kappa shape index (κ1) is 11.7. The molecule has 0 saturated carbocycles. The van der Waals surface area contributed by atoms with Gasteiger partial charge in [0.15, 0.2) is 6.10 Å². The monoisotopic (exact) mass is 234 g/mol. The number of benzene rings is 1. The van der Waals surface area contributed by atoms with Crippen molar-refractivity contribution in [3.8, 4) is 0 Å². The first-order valence-corrected chi connectivity index (χ1v) is 5.46. The summed E-state index contributed by atoms with van der Waals surface area (Å²) in [6, 6.07) is 5.32. The summed E-state index contributed by atoms with van der Waals surface area (Å²) in [5.41, 5.74) is 1.94. The van der Waals surface area contributed by atoms with Gasteiger partial charge >= 0.3 is 5.97 Å². The third-order valence-corrected chi connectivity index (χ3v) is 2.63. The van der Waals surface area contributed by atoms with Crippen molar-refractivity contribution < 1.29 is 19.1 Å². The quantitative estimate of drug-likeness (QED) is 0.828. The fourth-order valence-corrected chi connectivity index (χ4v) is 1.77. The molecule has 1 aromatic heterocycles. The number of hydrogen-bond donors (Lipinski definition) is 1. The zero-order chi connectivity index (χ0) is 12.4. The van der Waals surface area contributed by atoms with Gasteiger partial charge in [-0.2, -0.15) is 0 Å². The van der Waals surface area contributed by atoms with E-state index in [-0.39, 0.29) is 6.61 Å². The summed E-state index contributed by atoms with van der Waals surface area (Å²) >= 11 is 0. The van der Waals surface area contributed by atoms with Crippen molar-refractivity contribution in [3.05, 3.63) is 35.6 Å². The number of fused-ring (bicyclic) bond motifs is 1. The van der Waals surface area contributed by atoms with Crippen LogP contribution in [0.2, 0.25) is 0 Å². The molecule has 4 nitrogen and oxygen atoms in total. The number of hydrogen-bond acceptors (Lipinski definition) is 4. The molecule has 0 bridgehead atoms. The number of aryl methyl sites for hydroxylation is 1. The van der Waals surface area contributed by atoms with E-state index in [0.29, 0.717) is 11.1 Å². The van der Waals surface area contributed by atoms with E-state index in [1.807, 2.05) is 13.0 Å². The summed E-state index contributed by atoms with van der Waals surface area (Å²) in [6.45, 7) is 3.84. The standard InChI is InChI=1S/C13H14O4/c1-3-16-13(15)11(14)10-6-4-5-9-8(2)7-17-12(9)10/h4-7,11,14H,3H2,1-2H3. The fourth-order valence-electron chi connectivity index (χ4n) is 1.77. The number of ether oxygens (including phenoxy) is 1. The van der Waals surface area contributed by atoms with E-state index in [1.165, 1.54) is 0 Å². The zero-order valence-corrected chi connectivity index (χ0v) is 9.77. The van der Waals surface area contributed by atoms with E-state index in [2.05, 4.69) is 0 Å². The lowest BCUT2D eigenvalue weighted by Crippen LogP contribution is -2.15. The summed E-state index contributed by atoms with van der Waals surface area (Å²) in [6.07, 6.45) is 0.302. The van der Waals surface area contributed by atoms with Crippen molar-refractivity contribution >= 4 is 16.9 Å². The Morgan fingerprint density at radius 2 is 2.29 bits per heavy atom. The average molecular weight is 234 g/mol. The SMILES string of the molecule is CCOC(=O)C(O)c1cccc2c(C)coc12. The Morgan fingerprint density at radius 1 is 1.53 bits per heavy atom. The largest absolute Gasteiger partial charge is 0.464 e. The maximum Gasteiger partial charge on any atom is 0.339 e. The second kappa shape index (κ2) is 4.59. The molecular formula is C13H14O4. The molecule has 0 fully saturated rings. The second-order valence-electron chi connectivity index (χ2n) is 3.80. The minimum Gasteiger partial charge on any atom is -0.464 e. The van der Waals surface area contributed by atoms with Crippen LogP contribution in [0.3, 0.4) is 0 Å². The molecule has 0 aliphatic rings. The van der Waals surface area contributed by atoms with Crippen molar-refractivity contribution in [1.82, 2.24) is 0 Å². The molecule has 4 heteroatoms. The van der Waals surface area contributed by atoms with E-state index in [9.17, 15) is 9.90 Å². The van der Waals surface area contributed by atoms with Gasteiger partial charge in [-0.15, -0.1) is 0 Å². The highest BCUT2D eigenvalue weighted by molar-refractivity contribution is 5.88. The van der Waals surface area contributed by atoms with Crippen LogP contribution in [-0.2, 0) is 9.53 Å². The molecule has 0 saturated heterocycles. The number of aliphatic hydroxyl groups excluding tert-OH is 1. The van der Waals surface area contributed by atoms with Crippen LogP contribution in [0.25, 0.3) is 11.0 Å². The highest BCUT2D eigenvalue weighted by atomic mass is 16.5. The van der Waals surface area contributed by atoms with Gasteiger partial charge in [0.1, 0.15) is 5.58 Å². The Kier molecular flexibility index (Phi) is 3.15. The maximum absolute atomic E-state index is 11.5. The Bertz CT molecular complexity index is 541. The highest BCUT2D eigenvalue weighted by Gasteiger charge is 2.22. The average Bonchev–Trinajstić information content (AvgIpc) is 2.71. The van der Waals surface area contributed by atoms with Crippen LogP contribution < -0.4 is 0 Å². The molecule has 90 valence electrons. The number of aliphatic hydroxyl groups is 1. The molecule has 0 aliphatic heterocycles. The van der Waals surface area contributed by atoms with E-state index in [0.717, 1.165) is 10.9 Å². The molecule has 1 heterocycles. The number of esters is 1. The Labute approximate surface area is 98.8 Å². The zero-order valence-electron chi connectivity index (χ0n) is 9.77. The Hall–Kier alpha value is -1.81. The molecule has 1 unspecified atom stereocenters. The third-order valence-electron chi connectivity index (χ3n) is 2.63. The molecule has 0 aliphatic carbocycles. The summed E-state index contributed by atoms with van der Waals surface area (Å²) in [5.74, 6) is -0.658. The molecule has 0 radical (unpaired) electrons. The molecule has 1 N–H and O–H groups in total. The molecule has 1 atom stereocenters. The number of rotatable bonds is 3. The van der Waals surface area contributed by atoms with Gasteiger partial charge in [-0.1, -0.05) is 18.2 Å². The topological polar surface area (TPSA) is 59.7 Å². The van der Waals surface area contributed by atoms with E-state index >= 15 is 0 Å². The van der Waals surface area contributed by atoms with Crippen molar-refractivity contribution in [2.75, 3.05) is 6.61 Å². The minimum absolute atomic E-state index is 0.239. The molecule has 2 rings (SSSR count). The van der Waals surface area contributed by atoms with E-state index in [4.69, 9.17) is 9.15 Å². The van der Waals surface area contributed by atoms with Crippen LogP contribution in [0.4, 0.5) is 0 Å². The highest BCUT2D eigenvalue weighted by Crippen LogP contribution is 2.28. The van der Waals surface area contributed by atoms with Crippen LogP contribution in [0.5, 0.6) is 0 Å². The van der Waals surface area contributed by atoms with Gasteiger partial charge in [-0.25, -0.2) is 4.79 Å². The van der Waals surface area contributed by atoms with Crippen molar-refractivity contribution in [2.24, 2.45) is 0 Å². The number of carbonyl (C=O) groups excluding carboxylic acids is 1. The maximum atomic E-state index is 11.5. The van der Waals surface area contributed by atoms with E-state index < -0.39 is 12.1 Å². The lowest BCUT2D eigenvalue weighted by Gasteiger charge is -2.10. The fraction of sp³-hybridized carbons (Fsp3) is 0.308. The van der Waals surface area contributed by atoms with Gasteiger partial charge < -0.3 is 14.3 Å². The molecule has 2 aromatic rings. The Balaban J connectivity index is 2.45. The van der Waals surface area contributed by atoms with Crippen LogP contribution >= 0.6 is 0 Å². The predicted octanol–water partition coefficient (Wildman–Crippen LogP) is 2.34. The molecular weight excluding hydrogens is 220 g/mol.